The Morgan fingerprint density at radius 3 is 2.46 bits per heavy atom. The fourth-order valence-corrected chi connectivity index (χ4v) is 7.08. The number of thiazole rings is 1. The minimum atomic E-state index is -3.53. The van der Waals surface area contributed by atoms with Crippen LogP contribution in [0.15, 0.2) is 100 Å². The highest BCUT2D eigenvalue weighted by atomic mass is 32.2. The predicted molar refractivity (Wildman–Crippen MR) is 142 cm³/mol. The molecule has 5 rings (SSSR count). The van der Waals surface area contributed by atoms with Crippen molar-refractivity contribution >= 4 is 27.0 Å². The van der Waals surface area contributed by atoms with E-state index in [2.05, 4.69) is 29.0 Å². The minimum absolute atomic E-state index is 0.350. The van der Waals surface area contributed by atoms with E-state index in [9.17, 15) is 8.42 Å². The van der Waals surface area contributed by atoms with Crippen molar-refractivity contribution in [3.05, 3.63) is 101 Å². The fraction of sp³-hybridized carbons (Fsp3) is 0.250. The molecular formula is C28H29N3O2S2. The Bertz CT molecular complexity index is 1460. The summed E-state index contributed by atoms with van der Waals surface area (Å²) in [5.41, 5.74) is 3.88. The van der Waals surface area contributed by atoms with E-state index < -0.39 is 10.0 Å². The minimum Gasteiger partial charge on any atom is -0.312 e. The highest BCUT2D eigenvalue weighted by Crippen LogP contribution is 2.28. The van der Waals surface area contributed by atoms with Crippen LogP contribution < -0.4 is 4.80 Å². The normalized spacial score (nSPS) is 17.5. The molecule has 0 saturated carbocycles. The summed E-state index contributed by atoms with van der Waals surface area (Å²) < 4.78 is 30.7. The number of hydrogen-bond donors (Lipinski definition) is 0. The Kier molecular flexibility index (Phi) is 7.00. The van der Waals surface area contributed by atoms with Crippen molar-refractivity contribution < 1.29 is 8.42 Å². The number of aromatic nitrogens is 1. The average molecular weight is 504 g/mol. The van der Waals surface area contributed by atoms with Crippen LogP contribution in [0.3, 0.4) is 0 Å². The van der Waals surface area contributed by atoms with E-state index in [1.165, 1.54) is 0 Å². The SMILES string of the molecule is CC1CCCN(S(=O)(=O)c2cccc(-c3csc(=Nc4ccccc4)n3Cc3ccccc3)c2)C1. The maximum absolute atomic E-state index is 13.4. The van der Waals surface area contributed by atoms with E-state index in [0.717, 1.165) is 40.2 Å². The molecule has 1 saturated heterocycles. The van der Waals surface area contributed by atoms with Crippen LogP contribution in [0.1, 0.15) is 25.3 Å². The summed E-state index contributed by atoms with van der Waals surface area (Å²) in [5, 5.41) is 2.07. The lowest BCUT2D eigenvalue weighted by molar-refractivity contribution is 0.281. The molecule has 180 valence electrons. The molecule has 1 unspecified atom stereocenters. The van der Waals surface area contributed by atoms with Gasteiger partial charge in [0.05, 0.1) is 22.8 Å². The standard InChI is InChI=1S/C28H29N3O2S2/c1-22-10-9-17-30(19-22)35(32,33)26-16-8-13-24(18-26)27-21-34-28(29-25-14-6-3-7-15-25)31(27)20-23-11-4-2-5-12-23/h2-8,11-16,18,21-22H,9-10,17,19-20H2,1H3. The van der Waals surface area contributed by atoms with Crippen LogP contribution in [-0.4, -0.2) is 30.4 Å². The second-order valence-corrected chi connectivity index (χ2v) is 11.8. The molecule has 2 heterocycles. The van der Waals surface area contributed by atoms with E-state index in [-0.39, 0.29) is 0 Å². The maximum atomic E-state index is 13.4. The highest BCUT2D eigenvalue weighted by molar-refractivity contribution is 7.89. The number of para-hydroxylation sites is 1. The van der Waals surface area contributed by atoms with Gasteiger partial charge >= 0.3 is 0 Å². The van der Waals surface area contributed by atoms with Crippen LogP contribution in [0.4, 0.5) is 5.69 Å². The molecule has 1 atom stereocenters. The number of rotatable bonds is 6. The zero-order chi connectivity index (χ0) is 24.3. The van der Waals surface area contributed by atoms with Gasteiger partial charge in [0.25, 0.3) is 0 Å². The number of hydrogen-bond acceptors (Lipinski definition) is 4. The van der Waals surface area contributed by atoms with Crippen LogP contribution in [0.2, 0.25) is 0 Å². The summed E-state index contributed by atoms with van der Waals surface area (Å²) in [6, 6.07) is 27.5. The second kappa shape index (κ2) is 10.3. The van der Waals surface area contributed by atoms with Crippen molar-refractivity contribution in [3.63, 3.8) is 0 Å². The molecule has 4 aromatic rings. The second-order valence-electron chi connectivity index (χ2n) is 9.06. The zero-order valence-corrected chi connectivity index (χ0v) is 21.4. The number of piperidine rings is 1. The molecule has 0 amide bonds. The van der Waals surface area contributed by atoms with E-state index >= 15 is 0 Å². The number of nitrogens with zero attached hydrogens (tertiary/aromatic N) is 3. The predicted octanol–water partition coefficient (Wildman–Crippen LogP) is 5.92. The van der Waals surface area contributed by atoms with Crippen LogP contribution in [0.25, 0.3) is 11.3 Å². The molecule has 0 N–H and O–H groups in total. The molecule has 1 aliphatic heterocycles. The summed E-state index contributed by atoms with van der Waals surface area (Å²) in [7, 11) is -3.53. The van der Waals surface area contributed by atoms with Gasteiger partial charge in [0, 0.05) is 24.0 Å². The molecule has 1 aliphatic rings. The van der Waals surface area contributed by atoms with Gasteiger partial charge in [0.1, 0.15) is 0 Å². The van der Waals surface area contributed by atoms with E-state index in [0.29, 0.717) is 30.4 Å². The summed E-state index contributed by atoms with van der Waals surface area (Å²) in [6.45, 7) is 3.93. The summed E-state index contributed by atoms with van der Waals surface area (Å²) in [5.74, 6) is 0.383. The Morgan fingerprint density at radius 2 is 1.71 bits per heavy atom. The van der Waals surface area contributed by atoms with Crippen molar-refractivity contribution in [2.75, 3.05) is 13.1 Å². The van der Waals surface area contributed by atoms with Gasteiger partial charge < -0.3 is 4.57 Å². The first-order chi connectivity index (χ1) is 17.0. The van der Waals surface area contributed by atoms with Gasteiger partial charge in [-0.15, -0.1) is 11.3 Å². The zero-order valence-electron chi connectivity index (χ0n) is 19.7. The van der Waals surface area contributed by atoms with Crippen LogP contribution >= 0.6 is 11.3 Å². The van der Waals surface area contributed by atoms with Gasteiger partial charge in [-0.3, -0.25) is 0 Å². The number of sulfonamides is 1. The first-order valence-electron chi connectivity index (χ1n) is 11.9. The lowest BCUT2D eigenvalue weighted by Crippen LogP contribution is -2.39. The van der Waals surface area contributed by atoms with Crippen molar-refractivity contribution in [2.45, 2.75) is 31.2 Å². The molecule has 0 bridgehead atoms. The first-order valence-corrected chi connectivity index (χ1v) is 14.3. The molecule has 1 fully saturated rings. The summed E-state index contributed by atoms with van der Waals surface area (Å²) in [6.07, 6.45) is 1.99. The van der Waals surface area contributed by atoms with Crippen molar-refractivity contribution in [1.82, 2.24) is 8.87 Å². The van der Waals surface area contributed by atoms with Gasteiger partial charge in [0.2, 0.25) is 10.0 Å². The fourth-order valence-electron chi connectivity index (χ4n) is 4.51. The van der Waals surface area contributed by atoms with Gasteiger partial charge in [-0.1, -0.05) is 67.6 Å². The third-order valence-electron chi connectivity index (χ3n) is 6.35. The van der Waals surface area contributed by atoms with E-state index in [1.807, 2.05) is 66.7 Å². The van der Waals surface area contributed by atoms with Gasteiger partial charge in [-0.05, 0) is 48.6 Å². The molecule has 35 heavy (non-hydrogen) atoms. The third kappa shape index (κ3) is 5.32. The van der Waals surface area contributed by atoms with Gasteiger partial charge in [0.15, 0.2) is 4.80 Å². The third-order valence-corrected chi connectivity index (χ3v) is 9.07. The summed E-state index contributed by atoms with van der Waals surface area (Å²) >= 11 is 1.56. The Hall–Kier alpha value is -3.00. The lowest BCUT2D eigenvalue weighted by atomic mass is 10.0. The molecule has 5 nitrogen and oxygen atoms in total. The van der Waals surface area contributed by atoms with Crippen molar-refractivity contribution in [3.8, 4) is 11.3 Å². The molecule has 7 heteroatoms. The molecule has 0 spiro atoms. The van der Waals surface area contributed by atoms with Crippen LogP contribution in [0, 0.1) is 5.92 Å². The van der Waals surface area contributed by atoms with Crippen LogP contribution in [0.5, 0.6) is 0 Å². The Labute approximate surface area is 211 Å². The molecule has 1 aromatic heterocycles. The van der Waals surface area contributed by atoms with Crippen LogP contribution in [-0.2, 0) is 16.6 Å². The van der Waals surface area contributed by atoms with Crippen molar-refractivity contribution in [2.24, 2.45) is 10.9 Å². The first kappa shape index (κ1) is 23.7. The number of benzene rings is 3. The molecule has 0 aliphatic carbocycles. The monoisotopic (exact) mass is 503 g/mol. The molecule has 0 radical (unpaired) electrons. The molecule has 3 aromatic carbocycles. The highest BCUT2D eigenvalue weighted by Gasteiger charge is 2.29. The Morgan fingerprint density at radius 1 is 0.971 bits per heavy atom. The molecular weight excluding hydrogens is 474 g/mol. The lowest BCUT2D eigenvalue weighted by Gasteiger charge is -2.30. The largest absolute Gasteiger partial charge is 0.312 e. The van der Waals surface area contributed by atoms with Gasteiger partial charge in [-0.2, -0.15) is 4.31 Å². The van der Waals surface area contributed by atoms with Crippen molar-refractivity contribution in [1.29, 1.82) is 0 Å². The smallest absolute Gasteiger partial charge is 0.243 e. The Balaban J connectivity index is 1.58. The topological polar surface area (TPSA) is 54.7 Å². The quantitative estimate of drug-likeness (QED) is 0.328. The van der Waals surface area contributed by atoms with Gasteiger partial charge in [-0.25, -0.2) is 13.4 Å². The van der Waals surface area contributed by atoms with E-state index in [1.54, 1.807) is 21.7 Å². The van der Waals surface area contributed by atoms with E-state index in [4.69, 9.17) is 4.99 Å². The average Bonchev–Trinajstić information content (AvgIpc) is 3.27. The summed E-state index contributed by atoms with van der Waals surface area (Å²) in [4.78, 5) is 6.11. The maximum Gasteiger partial charge on any atom is 0.243 e.